The highest BCUT2D eigenvalue weighted by molar-refractivity contribution is 5.86. The third kappa shape index (κ3) is 2.99. The van der Waals surface area contributed by atoms with Gasteiger partial charge in [0.15, 0.2) is 5.75 Å². The number of hydrogen-bond acceptors (Lipinski definition) is 6. The van der Waals surface area contributed by atoms with Crippen molar-refractivity contribution >= 4 is 11.0 Å². The Hall–Kier alpha value is -4.51. The zero-order chi connectivity index (χ0) is 22.4. The zero-order valence-corrected chi connectivity index (χ0v) is 16.3. The number of halogens is 2. The van der Waals surface area contributed by atoms with Gasteiger partial charge in [0.25, 0.3) is 0 Å². The molecule has 1 aliphatic heterocycles. The molecule has 0 bridgehead atoms. The van der Waals surface area contributed by atoms with E-state index in [1.54, 1.807) is 30.6 Å². The lowest BCUT2D eigenvalue weighted by molar-refractivity contribution is 0.386. The van der Waals surface area contributed by atoms with E-state index in [0.717, 1.165) is 12.1 Å². The molecule has 1 atom stereocenters. The third-order valence-corrected chi connectivity index (χ3v) is 5.34. The average molecular weight is 429 g/mol. The first-order chi connectivity index (χ1) is 15.5. The summed E-state index contributed by atoms with van der Waals surface area (Å²) in [6, 6.07) is 13.4. The lowest BCUT2D eigenvalue weighted by Gasteiger charge is -2.26. The summed E-state index contributed by atoms with van der Waals surface area (Å²) in [4.78, 5) is 16.9. The minimum atomic E-state index is -1.18. The van der Waals surface area contributed by atoms with Gasteiger partial charge in [-0.3, -0.25) is 4.98 Å². The first kappa shape index (κ1) is 19.5. The molecule has 0 saturated heterocycles. The smallest absolute Gasteiger partial charge is 0.344 e. The van der Waals surface area contributed by atoms with E-state index in [-0.39, 0.29) is 39.3 Å². The van der Waals surface area contributed by atoms with Gasteiger partial charge in [0.1, 0.15) is 28.9 Å². The third-order valence-electron chi connectivity index (χ3n) is 5.34. The molecule has 8 heteroatoms. The highest BCUT2D eigenvalue weighted by Crippen LogP contribution is 2.44. The summed E-state index contributed by atoms with van der Waals surface area (Å²) in [6.45, 7) is 0. The molecule has 5 rings (SSSR count). The van der Waals surface area contributed by atoms with Crippen molar-refractivity contribution in [3.8, 4) is 22.9 Å². The number of nitriles is 1. The Morgan fingerprint density at radius 3 is 2.66 bits per heavy atom. The summed E-state index contributed by atoms with van der Waals surface area (Å²) >= 11 is 0. The Bertz CT molecular complexity index is 1520. The van der Waals surface area contributed by atoms with Crippen molar-refractivity contribution in [2.24, 2.45) is 5.73 Å². The molecule has 0 fully saturated rings. The lowest BCUT2D eigenvalue weighted by Crippen LogP contribution is -2.27. The quantitative estimate of drug-likeness (QED) is 0.475. The van der Waals surface area contributed by atoms with E-state index in [1.165, 1.54) is 18.2 Å². The van der Waals surface area contributed by atoms with E-state index < -0.39 is 23.2 Å². The molecule has 32 heavy (non-hydrogen) atoms. The van der Waals surface area contributed by atoms with E-state index in [0.29, 0.717) is 11.1 Å². The molecule has 2 aromatic carbocycles. The standard InChI is InChI=1S/C24H13F2N3O3/c25-14-4-6-19-16(9-14)22-21(24(30)31-19)20(17(10-27)23(28)32-22)15-5-3-12(8-18(15)26)13-2-1-7-29-11-13/h1-9,11,20H,28H2. The van der Waals surface area contributed by atoms with Gasteiger partial charge in [-0.1, -0.05) is 18.2 Å². The summed E-state index contributed by atoms with van der Waals surface area (Å²) in [5.41, 5.74) is 6.23. The topological polar surface area (TPSA) is 102 Å². The van der Waals surface area contributed by atoms with Gasteiger partial charge in [0.05, 0.1) is 16.9 Å². The molecule has 0 saturated carbocycles. The first-order valence-corrected chi connectivity index (χ1v) is 9.51. The SMILES string of the molecule is N#CC1=C(N)Oc2c(c(=O)oc3ccc(F)cc23)C1c1ccc(-c2cccnc2)cc1F. The number of ether oxygens (including phenoxy) is 1. The van der Waals surface area contributed by atoms with Crippen LogP contribution in [0.4, 0.5) is 8.78 Å². The summed E-state index contributed by atoms with van der Waals surface area (Å²) in [7, 11) is 0. The van der Waals surface area contributed by atoms with Gasteiger partial charge in [-0.15, -0.1) is 0 Å². The Kier molecular flexibility index (Phi) is 4.45. The van der Waals surface area contributed by atoms with Crippen LogP contribution >= 0.6 is 0 Å². The van der Waals surface area contributed by atoms with Crippen molar-refractivity contribution < 1.29 is 17.9 Å². The summed E-state index contributed by atoms with van der Waals surface area (Å²) in [5, 5.41) is 9.85. The first-order valence-electron chi connectivity index (χ1n) is 9.51. The fraction of sp³-hybridized carbons (Fsp3) is 0.0417. The van der Waals surface area contributed by atoms with Crippen LogP contribution in [0.3, 0.4) is 0 Å². The summed E-state index contributed by atoms with van der Waals surface area (Å²) in [6.07, 6.45) is 3.19. The minimum absolute atomic E-state index is 0.0322. The molecular weight excluding hydrogens is 416 g/mol. The van der Waals surface area contributed by atoms with Crippen LogP contribution < -0.4 is 16.1 Å². The van der Waals surface area contributed by atoms with Crippen molar-refractivity contribution in [3.05, 3.63) is 106 Å². The maximum Gasteiger partial charge on any atom is 0.344 e. The predicted molar refractivity (Wildman–Crippen MR) is 111 cm³/mol. The van der Waals surface area contributed by atoms with E-state index in [2.05, 4.69) is 4.98 Å². The van der Waals surface area contributed by atoms with Crippen molar-refractivity contribution in [3.63, 3.8) is 0 Å². The highest BCUT2D eigenvalue weighted by atomic mass is 19.1. The summed E-state index contributed by atoms with van der Waals surface area (Å²) in [5.74, 6) is -2.79. The van der Waals surface area contributed by atoms with E-state index in [4.69, 9.17) is 14.9 Å². The van der Waals surface area contributed by atoms with Gasteiger partial charge in [-0.2, -0.15) is 5.26 Å². The maximum absolute atomic E-state index is 15.3. The lowest BCUT2D eigenvalue weighted by atomic mass is 9.83. The average Bonchev–Trinajstić information content (AvgIpc) is 2.79. The zero-order valence-electron chi connectivity index (χ0n) is 16.3. The number of benzene rings is 2. The van der Waals surface area contributed by atoms with Crippen LogP contribution in [0, 0.1) is 23.0 Å². The van der Waals surface area contributed by atoms with Crippen LogP contribution in [0.1, 0.15) is 17.0 Å². The second-order valence-corrected chi connectivity index (χ2v) is 7.18. The van der Waals surface area contributed by atoms with Crippen LogP contribution in [-0.4, -0.2) is 4.98 Å². The minimum Gasteiger partial charge on any atom is -0.439 e. The molecule has 156 valence electrons. The molecular formula is C24H13F2N3O3. The van der Waals surface area contributed by atoms with E-state index in [1.807, 2.05) is 6.07 Å². The van der Waals surface area contributed by atoms with Crippen molar-refractivity contribution in [1.29, 1.82) is 5.26 Å². The van der Waals surface area contributed by atoms with Crippen molar-refractivity contribution in [2.45, 2.75) is 5.92 Å². The monoisotopic (exact) mass is 429 g/mol. The normalized spacial score (nSPS) is 15.2. The van der Waals surface area contributed by atoms with Crippen LogP contribution in [0.15, 0.2) is 81.6 Å². The number of hydrogen-bond donors (Lipinski definition) is 1. The van der Waals surface area contributed by atoms with Crippen LogP contribution in [0.25, 0.3) is 22.1 Å². The number of fused-ring (bicyclic) bond motifs is 3. The van der Waals surface area contributed by atoms with Gasteiger partial charge in [0.2, 0.25) is 5.88 Å². The predicted octanol–water partition coefficient (Wildman–Crippen LogP) is 4.35. The van der Waals surface area contributed by atoms with Crippen LogP contribution in [0.5, 0.6) is 5.75 Å². The Morgan fingerprint density at radius 1 is 1.09 bits per heavy atom. The fourth-order valence-corrected chi connectivity index (χ4v) is 3.88. The molecule has 0 spiro atoms. The van der Waals surface area contributed by atoms with Crippen LogP contribution in [-0.2, 0) is 0 Å². The maximum atomic E-state index is 15.3. The number of aromatic nitrogens is 1. The van der Waals surface area contributed by atoms with Crippen molar-refractivity contribution in [2.75, 3.05) is 0 Å². The highest BCUT2D eigenvalue weighted by Gasteiger charge is 2.37. The van der Waals surface area contributed by atoms with Gasteiger partial charge in [0, 0.05) is 23.5 Å². The molecule has 4 aromatic rings. The second kappa shape index (κ2) is 7.32. The number of nitrogens with zero attached hydrogens (tertiary/aromatic N) is 2. The van der Waals surface area contributed by atoms with Gasteiger partial charge < -0.3 is 14.9 Å². The Morgan fingerprint density at radius 2 is 1.94 bits per heavy atom. The number of rotatable bonds is 2. The van der Waals surface area contributed by atoms with E-state index in [9.17, 15) is 14.4 Å². The number of allylic oxidation sites excluding steroid dienone is 1. The Balaban J connectivity index is 1.76. The molecule has 2 aromatic heterocycles. The molecule has 3 heterocycles. The molecule has 0 amide bonds. The molecule has 0 aliphatic carbocycles. The number of nitrogens with two attached hydrogens (primary N) is 1. The molecule has 2 N–H and O–H groups in total. The van der Waals surface area contributed by atoms with Gasteiger partial charge in [-0.05, 0) is 35.9 Å². The van der Waals surface area contributed by atoms with Gasteiger partial charge >= 0.3 is 5.63 Å². The van der Waals surface area contributed by atoms with Gasteiger partial charge in [-0.25, -0.2) is 13.6 Å². The van der Waals surface area contributed by atoms with Crippen LogP contribution in [0.2, 0.25) is 0 Å². The Labute approximate surface area is 179 Å². The second-order valence-electron chi connectivity index (χ2n) is 7.18. The van der Waals surface area contributed by atoms with E-state index >= 15 is 4.39 Å². The largest absolute Gasteiger partial charge is 0.439 e. The molecule has 1 aliphatic rings. The number of pyridine rings is 1. The molecule has 1 unspecified atom stereocenters. The van der Waals surface area contributed by atoms with Crippen molar-refractivity contribution in [1.82, 2.24) is 4.98 Å². The summed E-state index contributed by atoms with van der Waals surface area (Å²) < 4.78 is 40.1. The fourth-order valence-electron chi connectivity index (χ4n) is 3.88. The molecule has 0 radical (unpaired) electrons. The molecule has 6 nitrogen and oxygen atoms in total.